The molecule has 0 heterocycles. The van der Waals surface area contributed by atoms with Gasteiger partial charge in [-0.2, -0.15) is 0 Å². The molecule has 1 atom stereocenters. The quantitative estimate of drug-likeness (QED) is 0.0374. The Labute approximate surface area is 421 Å². The summed E-state index contributed by atoms with van der Waals surface area (Å²) in [5, 5.41) is 9.65. The standard InChI is InChI=1S/C63H108O5/c1-3-5-7-9-11-13-15-17-19-21-22-23-24-25-26-27-28-29-30-31-32-33-34-35-36-37-38-39-40-42-44-46-48-50-52-54-56-58-63(66)68-61(59-64)60-67-62(65)57-55-53-51-49-47-45-43-41-20-18-16-14-12-10-8-6-4-2/h5,7,11,13,17,19,22-23,25-26,28-29,31-32,34-35,61,64H,3-4,6,8-10,12,14-16,18,20-21,24,27,30,33,36-60H2,1-2H3/b7-5-,13-11-,19-17-,23-22-,26-25-,29-28-,32-31-,35-34-. The number of carbonyl (C=O) groups is 2. The maximum absolute atomic E-state index is 12.3. The van der Waals surface area contributed by atoms with Crippen molar-refractivity contribution in [3.8, 4) is 0 Å². The first kappa shape index (κ1) is 64.8. The number of hydrogen-bond acceptors (Lipinski definition) is 5. The van der Waals surface area contributed by atoms with Crippen LogP contribution in [0.3, 0.4) is 0 Å². The number of allylic oxidation sites excluding steroid dienone is 16. The first-order valence-electron chi connectivity index (χ1n) is 28.8. The molecule has 0 aliphatic carbocycles. The van der Waals surface area contributed by atoms with E-state index in [1.807, 2.05) is 0 Å². The highest BCUT2D eigenvalue weighted by atomic mass is 16.6. The van der Waals surface area contributed by atoms with E-state index >= 15 is 0 Å². The van der Waals surface area contributed by atoms with Crippen LogP contribution in [-0.4, -0.2) is 36.4 Å². The molecule has 0 spiro atoms. The zero-order valence-corrected chi connectivity index (χ0v) is 44.6. The Kier molecular flexibility index (Phi) is 55.4. The van der Waals surface area contributed by atoms with Crippen LogP contribution < -0.4 is 0 Å². The number of unbranched alkanes of at least 4 members (excludes halogenated alkanes) is 28. The first-order chi connectivity index (χ1) is 33.6. The molecular weight excluding hydrogens is 837 g/mol. The molecule has 1 unspecified atom stereocenters. The molecule has 390 valence electrons. The minimum Gasteiger partial charge on any atom is -0.462 e. The van der Waals surface area contributed by atoms with Gasteiger partial charge in [0, 0.05) is 12.8 Å². The Balaban J connectivity index is 3.52. The van der Waals surface area contributed by atoms with Crippen molar-refractivity contribution in [1.82, 2.24) is 0 Å². The van der Waals surface area contributed by atoms with Gasteiger partial charge in [0.2, 0.25) is 0 Å². The zero-order chi connectivity index (χ0) is 49.2. The largest absolute Gasteiger partial charge is 0.462 e. The molecule has 5 nitrogen and oxygen atoms in total. The van der Waals surface area contributed by atoms with E-state index in [1.54, 1.807) is 0 Å². The van der Waals surface area contributed by atoms with E-state index in [-0.39, 0.29) is 25.2 Å². The molecule has 0 fully saturated rings. The van der Waals surface area contributed by atoms with Crippen molar-refractivity contribution >= 4 is 11.9 Å². The molecule has 1 N–H and O–H groups in total. The first-order valence-corrected chi connectivity index (χ1v) is 28.8. The number of aliphatic hydroxyl groups is 1. The number of hydrogen-bond donors (Lipinski definition) is 1. The molecule has 5 heteroatoms. The average molecular weight is 946 g/mol. The Morgan fingerprint density at radius 1 is 0.353 bits per heavy atom. The molecule has 0 amide bonds. The van der Waals surface area contributed by atoms with Crippen molar-refractivity contribution in [2.24, 2.45) is 0 Å². The predicted octanol–water partition coefficient (Wildman–Crippen LogP) is 19.5. The molecular formula is C63H108O5. The maximum atomic E-state index is 12.3. The zero-order valence-electron chi connectivity index (χ0n) is 44.6. The topological polar surface area (TPSA) is 72.8 Å². The fourth-order valence-corrected chi connectivity index (χ4v) is 8.10. The lowest BCUT2D eigenvalue weighted by atomic mass is 10.0. The normalized spacial score (nSPS) is 12.9. The third-order valence-corrected chi connectivity index (χ3v) is 12.4. The van der Waals surface area contributed by atoms with Crippen molar-refractivity contribution in [3.05, 3.63) is 97.2 Å². The number of ether oxygens (including phenoxy) is 2. The van der Waals surface area contributed by atoms with Gasteiger partial charge in [-0.05, 0) is 77.0 Å². The van der Waals surface area contributed by atoms with Gasteiger partial charge in [-0.1, -0.05) is 278 Å². The predicted molar refractivity (Wildman–Crippen MR) is 297 cm³/mol. The molecule has 0 aromatic heterocycles. The lowest BCUT2D eigenvalue weighted by Gasteiger charge is -2.15. The third-order valence-electron chi connectivity index (χ3n) is 12.4. The molecule has 0 bridgehead atoms. The Bertz CT molecular complexity index is 1300. The van der Waals surface area contributed by atoms with Gasteiger partial charge in [0.1, 0.15) is 6.61 Å². The monoisotopic (exact) mass is 945 g/mol. The highest BCUT2D eigenvalue weighted by molar-refractivity contribution is 5.70. The van der Waals surface area contributed by atoms with Crippen LogP contribution in [0.4, 0.5) is 0 Å². The molecule has 68 heavy (non-hydrogen) atoms. The number of esters is 2. The van der Waals surface area contributed by atoms with E-state index in [1.165, 1.54) is 154 Å². The summed E-state index contributed by atoms with van der Waals surface area (Å²) < 4.78 is 10.7. The van der Waals surface area contributed by atoms with E-state index in [0.717, 1.165) is 89.9 Å². The third kappa shape index (κ3) is 55.4. The molecule has 0 saturated heterocycles. The summed E-state index contributed by atoms with van der Waals surface area (Å²) in [4.78, 5) is 24.5. The number of aliphatic hydroxyl groups excluding tert-OH is 1. The van der Waals surface area contributed by atoms with Gasteiger partial charge in [-0.25, -0.2) is 0 Å². The molecule has 0 radical (unpaired) electrons. The van der Waals surface area contributed by atoms with Crippen LogP contribution in [-0.2, 0) is 19.1 Å². The van der Waals surface area contributed by atoms with Crippen LogP contribution in [0.15, 0.2) is 97.2 Å². The van der Waals surface area contributed by atoms with Crippen molar-refractivity contribution < 1.29 is 24.2 Å². The maximum Gasteiger partial charge on any atom is 0.306 e. The van der Waals surface area contributed by atoms with Gasteiger partial charge in [0.15, 0.2) is 6.10 Å². The van der Waals surface area contributed by atoms with Crippen LogP contribution in [0.5, 0.6) is 0 Å². The highest BCUT2D eigenvalue weighted by Gasteiger charge is 2.16. The second-order valence-electron chi connectivity index (χ2n) is 19.0. The van der Waals surface area contributed by atoms with Gasteiger partial charge < -0.3 is 14.6 Å². The van der Waals surface area contributed by atoms with Crippen molar-refractivity contribution in [1.29, 1.82) is 0 Å². The highest BCUT2D eigenvalue weighted by Crippen LogP contribution is 2.16. The van der Waals surface area contributed by atoms with Gasteiger partial charge in [-0.15, -0.1) is 0 Å². The molecule has 0 aromatic rings. The molecule has 0 aliphatic rings. The van der Waals surface area contributed by atoms with E-state index < -0.39 is 6.10 Å². The van der Waals surface area contributed by atoms with Crippen molar-refractivity contribution in [2.45, 2.75) is 277 Å². The van der Waals surface area contributed by atoms with Crippen LogP contribution >= 0.6 is 0 Å². The number of carbonyl (C=O) groups excluding carboxylic acids is 2. The lowest BCUT2D eigenvalue weighted by molar-refractivity contribution is -0.161. The van der Waals surface area contributed by atoms with E-state index in [2.05, 4.69) is 111 Å². The fraction of sp³-hybridized carbons (Fsp3) is 0.714. The summed E-state index contributed by atoms with van der Waals surface area (Å²) in [6, 6.07) is 0. The summed E-state index contributed by atoms with van der Waals surface area (Å²) in [7, 11) is 0. The van der Waals surface area contributed by atoms with Crippen LogP contribution in [0, 0.1) is 0 Å². The molecule has 0 rings (SSSR count). The summed E-state index contributed by atoms with van der Waals surface area (Å²) >= 11 is 0. The summed E-state index contributed by atoms with van der Waals surface area (Å²) in [6.45, 7) is 4.05. The number of rotatable bonds is 52. The average Bonchev–Trinajstić information content (AvgIpc) is 3.34. The smallest absolute Gasteiger partial charge is 0.306 e. The van der Waals surface area contributed by atoms with Crippen molar-refractivity contribution in [3.63, 3.8) is 0 Å². The van der Waals surface area contributed by atoms with E-state index in [9.17, 15) is 14.7 Å². The van der Waals surface area contributed by atoms with Crippen LogP contribution in [0.25, 0.3) is 0 Å². The minimum absolute atomic E-state index is 0.0664. The summed E-state index contributed by atoms with van der Waals surface area (Å²) in [5.41, 5.74) is 0. The van der Waals surface area contributed by atoms with Crippen LogP contribution in [0.2, 0.25) is 0 Å². The van der Waals surface area contributed by atoms with E-state index in [4.69, 9.17) is 9.47 Å². The second kappa shape index (κ2) is 58.1. The van der Waals surface area contributed by atoms with Gasteiger partial charge >= 0.3 is 11.9 Å². The Morgan fingerprint density at radius 3 is 0.956 bits per heavy atom. The Morgan fingerprint density at radius 2 is 0.632 bits per heavy atom. The molecule has 0 saturated carbocycles. The van der Waals surface area contributed by atoms with E-state index in [0.29, 0.717) is 12.8 Å². The van der Waals surface area contributed by atoms with Crippen LogP contribution in [0.1, 0.15) is 271 Å². The SMILES string of the molecule is CC/C=C\C/C=C\C/C=C\C/C=C\C/C=C\C/C=C\C/C=C\C/C=C\CCCCCCCCCCCCCCC(=O)OC(CO)COC(=O)CCCCCCCCCCCCCCCCCCC. The van der Waals surface area contributed by atoms with Gasteiger partial charge in [0.05, 0.1) is 6.61 Å². The Hall–Kier alpha value is -3.18. The molecule has 0 aliphatic heterocycles. The van der Waals surface area contributed by atoms with Crippen molar-refractivity contribution in [2.75, 3.05) is 13.2 Å². The summed E-state index contributed by atoms with van der Waals surface area (Å²) in [6.07, 6.45) is 82.4. The minimum atomic E-state index is -0.775. The lowest BCUT2D eigenvalue weighted by Crippen LogP contribution is -2.28. The van der Waals surface area contributed by atoms with Gasteiger partial charge in [0.25, 0.3) is 0 Å². The van der Waals surface area contributed by atoms with Gasteiger partial charge in [-0.3, -0.25) is 9.59 Å². The second-order valence-corrected chi connectivity index (χ2v) is 19.0. The summed E-state index contributed by atoms with van der Waals surface area (Å²) in [5.74, 6) is -0.586. The fourth-order valence-electron chi connectivity index (χ4n) is 8.10. The molecule has 0 aromatic carbocycles.